The van der Waals surface area contributed by atoms with Gasteiger partial charge in [-0.05, 0) is 49.1 Å². The number of para-hydroxylation sites is 1. The van der Waals surface area contributed by atoms with E-state index in [-0.39, 0.29) is 30.8 Å². The fourth-order valence-electron chi connectivity index (χ4n) is 5.25. The number of nitrogens with zero attached hydrogens (tertiary/aromatic N) is 1. The maximum atomic E-state index is 13.1. The van der Waals surface area contributed by atoms with E-state index in [1.807, 2.05) is 24.3 Å². The van der Waals surface area contributed by atoms with Crippen molar-refractivity contribution in [1.29, 1.82) is 0 Å². The number of hydrogen-bond donors (Lipinski definition) is 3. The summed E-state index contributed by atoms with van der Waals surface area (Å²) in [5.74, 6) is -0.339. The van der Waals surface area contributed by atoms with Gasteiger partial charge in [-0.1, -0.05) is 18.2 Å². The average molecular weight is 493 g/mol. The van der Waals surface area contributed by atoms with Crippen LogP contribution in [0.4, 0.5) is 10.5 Å². The molecule has 5 rings (SSSR count). The number of urea groups is 1. The standard InChI is InChI=1S/C26H28N4O6/c1-35-21-5-3-2-4-19(21)26(10-12-36-13-11-26)29-25(34)27-17-6-7-18-16(14-17)15-30(24(18)33)20-8-9-22(31)28-23(20)32/h2-7,14,20H,8-13,15H2,1H3,(H2,27,29,34)(H,28,31,32). The quantitative estimate of drug-likeness (QED) is 0.550. The van der Waals surface area contributed by atoms with Gasteiger partial charge in [0.05, 0.1) is 12.6 Å². The molecule has 1 atom stereocenters. The van der Waals surface area contributed by atoms with Gasteiger partial charge in [-0.25, -0.2) is 4.79 Å². The van der Waals surface area contributed by atoms with Crippen LogP contribution in [0.5, 0.6) is 5.75 Å². The molecule has 3 aliphatic heterocycles. The Bertz CT molecular complexity index is 1220. The molecule has 5 amide bonds. The number of amides is 5. The van der Waals surface area contributed by atoms with E-state index in [4.69, 9.17) is 9.47 Å². The molecule has 10 nitrogen and oxygen atoms in total. The summed E-state index contributed by atoms with van der Waals surface area (Å²) < 4.78 is 11.1. The summed E-state index contributed by atoms with van der Waals surface area (Å²) in [6.45, 7) is 1.25. The van der Waals surface area contributed by atoms with E-state index in [0.717, 1.165) is 5.56 Å². The van der Waals surface area contributed by atoms with Gasteiger partial charge >= 0.3 is 6.03 Å². The van der Waals surface area contributed by atoms with Crippen molar-refractivity contribution in [2.45, 2.75) is 43.8 Å². The lowest BCUT2D eigenvalue weighted by Crippen LogP contribution is -2.52. The van der Waals surface area contributed by atoms with Crippen LogP contribution < -0.4 is 20.7 Å². The zero-order valence-corrected chi connectivity index (χ0v) is 20.0. The Kier molecular flexibility index (Phi) is 6.36. The normalized spacial score (nSPS) is 21.0. The molecular weight excluding hydrogens is 464 g/mol. The number of hydrogen-bond acceptors (Lipinski definition) is 6. The second-order valence-electron chi connectivity index (χ2n) is 9.25. The lowest BCUT2D eigenvalue weighted by atomic mass is 9.82. The minimum absolute atomic E-state index is 0.197. The number of anilines is 1. The molecule has 0 aliphatic carbocycles. The number of methoxy groups -OCH3 is 1. The van der Waals surface area contributed by atoms with Crippen LogP contribution in [-0.4, -0.2) is 55.0 Å². The third-order valence-electron chi connectivity index (χ3n) is 7.10. The van der Waals surface area contributed by atoms with Gasteiger partial charge in [0.25, 0.3) is 5.91 Å². The molecule has 2 aromatic rings. The Morgan fingerprint density at radius 2 is 1.92 bits per heavy atom. The zero-order chi connectivity index (χ0) is 25.3. The van der Waals surface area contributed by atoms with Gasteiger partial charge in [0.2, 0.25) is 11.8 Å². The van der Waals surface area contributed by atoms with Crippen molar-refractivity contribution in [3.05, 3.63) is 59.2 Å². The van der Waals surface area contributed by atoms with Crippen LogP contribution >= 0.6 is 0 Å². The molecule has 3 heterocycles. The van der Waals surface area contributed by atoms with Crippen molar-refractivity contribution < 1.29 is 28.7 Å². The van der Waals surface area contributed by atoms with E-state index in [9.17, 15) is 19.2 Å². The highest BCUT2D eigenvalue weighted by atomic mass is 16.5. The van der Waals surface area contributed by atoms with E-state index < -0.39 is 17.5 Å². The number of benzene rings is 2. The summed E-state index contributed by atoms with van der Waals surface area (Å²) in [5, 5.41) is 8.34. The molecule has 0 radical (unpaired) electrons. The second kappa shape index (κ2) is 9.62. The van der Waals surface area contributed by atoms with Gasteiger partial charge in [-0.3, -0.25) is 19.7 Å². The van der Waals surface area contributed by atoms with Crippen molar-refractivity contribution in [2.24, 2.45) is 0 Å². The van der Waals surface area contributed by atoms with Gasteiger partial charge in [-0.2, -0.15) is 0 Å². The van der Waals surface area contributed by atoms with Gasteiger partial charge in [0.15, 0.2) is 0 Å². The van der Waals surface area contributed by atoms with Crippen LogP contribution in [0, 0.1) is 0 Å². The molecule has 0 spiro atoms. The first-order chi connectivity index (χ1) is 17.4. The summed E-state index contributed by atoms with van der Waals surface area (Å²) >= 11 is 0. The second-order valence-corrected chi connectivity index (χ2v) is 9.25. The zero-order valence-electron chi connectivity index (χ0n) is 20.0. The Hall–Kier alpha value is -3.92. The third kappa shape index (κ3) is 4.39. The van der Waals surface area contributed by atoms with E-state index in [2.05, 4.69) is 16.0 Å². The number of imide groups is 1. The first kappa shape index (κ1) is 23.8. The molecule has 0 bridgehead atoms. The van der Waals surface area contributed by atoms with E-state index in [1.54, 1.807) is 25.3 Å². The molecule has 0 saturated carbocycles. The molecule has 36 heavy (non-hydrogen) atoms. The number of rotatable bonds is 5. The summed E-state index contributed by atoms with van der Waals surface area (Å²) in [6, 6.07) is 11.6. The van der Waals surface area contributed by atoms with Crippen LogP contribution in [0.3, 0.4) is 0 Å². The Morgan fingerprint density at radius 1 is 1.14 bits per heavy atom. The van der Waals surface area contributed by atoms with Gasteiger partial charge in [0.1, 0.15) is 11.8 Å². The minimum Gasteiger partial charge on any atom is -0.496 e. The third-order valence-corrected chi connectivity index (χ3v) is 7.10. The van der Waals surface area contributed by atoms with Crippen molar-refractivity contribution in [3.63, 3.8) is 0 Å². The highest BCUT2D eigenvalue weighted by Crippen LogP contribution is 2.38. The monoisotopic (exact) mass is 492 g/mol. The summed E-state index contributed by atoms with van der Waals surface area (Å²) in [4.78, 5) is 51.3. The van der Waals surface area contributed by atoms with Gasteiger partial charge < -0.3 is 25.0 Å². The predicted molar refractivity (Wildman–Crippen MR) is 129 cm³/mol. The van der Waals surface area contributed by atoms with Crippen molar-refractivity contribution >= 4 is 29.4 Å². The molecule has 10 heteroatoms. The molecule has 1 unspecified atom stereocenters. The SMILES string of the molecule is COc1ccccc1C1(NC(=O)Nc2ccc3c(c2)CN(C2CCC(=O)NC2=O)C3=O)CCOCC1. The van der Waals surface area contributed by atoms with Crippen molar-refractivity contribution in [1.82, 2.24) is 15.5 Å². The molecular formula is C26H28N4O6. The van der Waals surface area contributed by atoms with E-state index in [1.165, 1.54) is 4.90 Å². The average Bonchev–Trinajstić information content (AvgIpc) is 3.19. The number of nitrogens with one attached hydrogen (secondary N) is 3. The number of carbonyl (C=O) groups is 4. The molecule has 2 aromatic carbocycles. The van der Waals surface area contributed by atoms with Crippen LogP contribution in [0.1, 0.15) is 47.2 Å². The summed E-state index contributed by atoms with van der Waals surface area (Å²) in [7, 11) is 1.61. The fraction of sp³-hybridized carbons (Fsp3) is 0.385. The van der Waals surface area contributed by atoms with Crippen LogP contribution in [0.25, 0.3) is 0 Å². The minimum atomic E-state index is -0.684. The fourth-order valence-corrected chi connectivity index (χ4v) is 5.25. The summed E-state index contributed by atoms with van der Waals surface area (Å²) in [6.07, 6.45) is 1.69. The first-order valence-corrected chi connectivity index (χ1v) is 12.0. The molecule has 0 aromatic heterocycles. The number of fused-ring (bicyclic) bond motifs is 1. The molecule has 2 fully saturated rings. The topological polar surface area (TPSA) is 126 Å². The van der Waals surface area contributed by atoms with Crippen molar-refractivity contribution in [2.75, 3.05) is 25.6 Å². The van der Waals surface area contributed by atoms with Crippen LogP contribution in [-0.2, 0) is 26.4 Å². The highest BCUT2D eigenvalue weighted by Gasteiger charge is 2.40. The molecule has 3 aliphatic rings. The first-order valence-electron chi connectivity index (χ1n) is 12.0. The van der Waals surface area contributed by atoms with Gasteiger partial charge in [-0.15, -0.1) is 0 Å². The Labute approximate surface area is 208 Å². The summed E-state index contributed by atoms with van der Waals surface area (Å²) in [5.41, 5.74) is 1.98. The van der Waals surface area contributed by atoms with Crippen LogP contribution in [0.15, 0.2) is 42.5 Å². The largest absolute Gasteiger partial charge is 0.496 e. The maximum absolute atomic E-state index is 13.1. The molecule has 2 saturated heterocycles. The number of ether oxygens (including phenoxy) is 2. The number of carbonyl (C=O) groups excluding carboxylic acids is 4. The van der Waals surface area contributed by atoms with Crippen LogP contribution in [0.2, 0.25) is 0 Å². The van der Waals surface area contributed by atoms with Crippen molar-refractivity contribution in [3.8, 4) is 5.75 Å². The lowest BCUT2D eigenvalue weighted by Gasteiger charge is -2.39. The lowest BCUT2D eigenvalue weighted by molar-refractivity contribution is -0.136. The van der Waals surface area contributed by atoms with E-state index >= 15 is 0 Å². The predicted octanol–water partition coefficient (Wildman–Crippen LogP) is 2.28. The Morgan fingerprint density at radius 3 is 2.67 bits per heavy atom. The highest BCUT2D eigenvalue weighted by molar-refractivity contribution is 6.05. The smallest absolute Gasteiger partial charge is 0.319 e. The molecule has 188 valence electrons. The van der Waals surface area contributed by atoms with E-state index in [0.29, 0.717) is 55.0 Å². The Balaban J connectivity index is 1.32. The maximum Gasteiger partial charge on any atom is 0.319 e. The molecule has 3 N–H and O–H groups in total. The van der Waals surface area contributed by atoms with Gasteiger partial charge in [0, 0.05) is 43.0 Å². The number of piperidine rings is 1.